The van der Waals surface area contributed by atoms with Crippen LogP contribution < -0.4 is 5.32 Å². The second-order valence-corrected chi connectivity index (χ2v) is 5.37. The highest BCUT2D eigenvalue weighted by atomic mass is 32.2. The lowest BCUT2D eigenvalue weighted by Crippen LogP contribution is -1.96. The van der Waals surface area contributed by atoms with E-state index in [-0.39, 0.29) is 0 Å². The number of anilines is 1. The zero-order valence-corrected chi connectivity index (χ0v) is 11.1. The van der Waals surface area contributed by atoms with Gasteiger partial charge in [-0.3, -0.25) is 0 Å². The van der Waals surface area contributed by atoms with E-state index in [4.69, 9.17) is 5.26 Å². The molecule has 0 radical (unpaired) electrons. The fourth-order valence-corrected chi connectivity index (χ4v) is 2.59. The largest absolute Gasteiger partial charge is 0.380 e. The number of hydrogen-bond donors (Lipinski definition) is 1. The highest BCUT2D eigenvalue weighted by Gasteiger charge is 1.99. The molecule has 1 heterocycles. The van der Waals surface area contributed by atoms with Crippen molar-refractivity contribution < 1.29 is 0 Å². The molecule has 2 rings (SSSR count). The molecule has 0 saturated carbocycles. The molecule has 0 fully saturated rings. The van der Waals surface area contributed by atoms with Crippen molar-refractivity contribution in [2.24, 2.45) is 0 Å². The normalized spacial score (nSPS) is 9.88. The minimum atomic E-state index is 0.740. The van der Waals surface area contributed by atoms with Crippen molar-refractivity contribution >= 4 is 28.8 Å². The molecule has 17 heavy (non-hydrogen) atoms. The average molecular weight is 260 g/mol. The molecule has 0 spiro atoms. The summed E-state index contributed by atoms with van der Waals surface area (Å²) in [6.07, 6.45) is 2.07. The van der Waals surface area contributed by atoms with Crippen LogP contribution in [0.5, 0.6) is 0 Å². The monoisotopic (exact) mass is 260 g/mol. The molecule has 0 unspecified atom stereocenters. The maximum Gasteiger partial charge on any atom is 0.100 e. The minimum absolute atomic E-state index is 0.740. The third-order valence-electron chi connectivity index (χ3n) is 2.34. The molecule has 2 aromatic rings. The van der Waals surface area contributed by atoms with E-state index in [0.717, 1.165) is 17.8 Å². The van der Waals surface area contributed by atoms with Crippen LogP contribution in [-0.4, -0.2) is 6.26 Å². The van der Waals surface area contributed by atoms with E-state index in [1.54, 1.807) is 23.1 Å². The molecule has 2 nitrogen and oxygen atoms in total. The van der Waals surface area contributed by atoms with Crippen LogP contribution in [0.2, 0.25) is 0 Å². The van der Waals surface area contributed by atoms with Gasteiger partial charge in [-0.05, 0) is 36.6 Å². The van der Waals surface area contributed by atoms with Crippen molar-refractivity contribution in [3.8, 4) is 6.07 Å². The molecular formula is C13H12N2S2. The Morgan fingerprint density at radius 3 is 2.71 bits per heavy atom. The number of thiophene rings is 1. The Hall–Kier alpha value is -1.44. The van der Waals surface area contributed by atoms with Crippen molar-refractivity contribution in [2.75, 3.05) is 11.6 Å². The van der Waals surface area contributed by atoms with E-state index in [1.807, 2.05) is 11.4 Å². The van der Waals surface area contributed by atoms with Gasteiger partial charge >= 0.3 is 0 Å². The summed E-state index contributed by atoms with van der Waals surface area (Å²) in [5, 5.41) is 14.0. The molecule has 0 bridgehead atoms. The Labute approximate surface area is 109 Å². The summed E-state index contributed by atoms with van der Waals surface area (Å²) in [5.74, 6) is 0. The summed E-state index contributed by atoms with van der Waals surface area (Å²) < 4.78 is 0. The molecule has 0 aliphatic carbocycles. The zero-order chi connectivity index (χ0) is 12.1. The lowest BCUT2D eigenvalue weighted by Gasteiger charge is -2.05. The molecular weight excluding hydrogens is 248 g/mol. The molecule has 0 aliphatic rings. The van der Waals surface area contributed by atoms with Crippen molar-refractivity contribution in [3.05, 3.63) is 46.2 Å². The summed E-state index contributed by atoms with van der Waals surface area (Å²) in [4.78, 5) is 2.44. The van der Waals surface area contributed by atoms with Gasteiger partial charge in [0.15, 0.2) is 0 Å². The van der Waals surface area contributed by atoms with E-state index in [0.29, 0.717) is 0 Å². The summed E-state index contributed by atoms with van der Waals surface area (Å²) in [6.45, 7) is 0.769. The first-order valence-corrected chi connectivity index (χ1v) is 7.27. The van der Waals surface area contributed by atoms with E-state index in [9.17, 15) is 0 Å². The standard InChI is InChI=1S/C13H12N2S2/c1-16-12-4-2-11(3-5-12)15-8-13-6-10(7-14)9-17-13/h2-6,9,15H,8H2,1H3. The van der Waals surface area contributed by atoms with E-state index in [1.165, 1.54) is 9.77 Å². The fourth-order valence-electron chi connectivity index (χ4n) is 1.43. The van der Waals surface area contributed by atoms with Gasteiger partial charge in [-0.2, -0.15) is 5.26 Å². The number of nitrogens with zero attached hydrogens (tertiary/aromatic N) is 1. The average Bonchev–Trinajstić information content (AvgIpc) is 2.85. The van der Waals surface area contributed by atoms with E-state index < -0.39 is 0 Å². The number of benzene rings is 1. The molecule has 0 saturated heterocycles. The molecule has 0 amide bonds. The minimum Gasteiger partial charge on any atom is -0.380 e. The number of nitriles is 1. The second kappa shape index (κ2) is 5.76. The number of nitrogens with one attached hydrogen (secondary N) is 1. The molecule has 0 atom stereocenters. The van der Waals surface area contributed by atoms with E-state index >= 15 is 0 Å². The van der Waals surface area contributed by atoms with Gasteiger partial charge in [0.25, 0.3) is 0 Å². The SMILES string of the molecule is CSc1ccc(NCc2cc(C#N)cs2)cc1. The molecule has 0 aliphatic heterocycles. The first kappa shape index (κ1) is 12.0. The maximum absolute atomic E-state index is 8.73. The van der Waals surface area contributed by atoms with Crippen molar-refractivity contribution in [3.63, 3.8) is 0 Å². The third-order valence-corrected chi connectivity index (χ3v) is 4.02. The van der Waals surface area contributed by atoms with Gasteiger partial charge in [0.1, 0.15) is 6.07 Å². The molecule has 1 aromatic heterocycles. The number of hydrogen-bond acceptors (Lipinski definition) is 4. The molecule has 1 N–H and O–H groups in total. The first-order chi connectivity index (χ1) is 8.31. The van der Waals surface area contributed by atoms with Crippen molar-refractivity contribution in [1.29, 1.82) is 5.26 Å². The number of thioether (sulfide) groups is 1. The summed E-state index contributed by atoms with van der Waals surface area (Å²) in [5.41, 5.74) is 1.85. The van der Waals surface area contributed by atoms with Gasteiger partial charge in [-0.15, -0.1) is 23.1 Å². The maximum atomic E-state index is 8.73. The summed E-state index contributed by atoms with van der Waals surface area (Å²) in [7, 11) is 0. The Morgan fingerprint density at radius 1 is 1.35 bits per heavy atom. The number of rotatable bonds is 4. The Kier molecular flexibility index (Phi) is 4.08. The van der Waals surface area contributed by atoms with Gasteiger partial charge in [0.05, 0.1) is 5.56 Å². The van der Waals surface area contributed by atoms with Crippen LogP contribution in [0.15, 0.2) is 40.6 Å². The Morgan fingerprint density at radius 2 is 2.12 bits per heavy atom. The van der Waals surface area contributed by atoms with Gasteiger partial charge in [-0.25, -0.2) is 0 Å². The highest BCUT2D eigenvalue weighted by Crippen LogP contribution is 2.19. The lowest BCUT2D eigenvalue weighted by atomic mass is 10.3. The second-order valence-electron chi connectivity index (χ2n) is 3.50. The first-order valence-electron chi connectivity index (χ1n) is 5.17. The van der Waals surface area contributed by atoms with Crippen LogP contribution in [-0.2, 0) is 6.54 Å². The zero-order valence-electron chi connectivity index (χ0n) is 9.43. The smallest absolute Gasteiger partial charge is 0.100 e. The summed E-state index contributed by atoms with van der Waals surface area (Å²) in [6, 6.07) is 12.4. The van der Waals surface area contributed by atoms with Crippen LogP contribution in [0.3, 0.4) is 0 Å². The van der Waals surface area contributed by atoms with Crippen LogP contribution >= 0.6 is 23.1 Å². The van der Waals surface area contributed by atoms with Crippen molar-refractivity contribution in [2.45, 2.75) is 11.4 Å². The van der Waals surface area contributed by atoms with Gasteiger partial charge in [-0.1, -0.05) is 0 Å². The quantitative estimate of drug-likeness (QED) is 0.845. The predicted octanol–water partition coefficient (Wildman–Crippen LogP) is 3.95. The van der Waals surface area contributed by atoms with Crippen LogP contribution in [0.25, 0.3) is 0 Å². The third kappa shape index (κ3) is 3.26. The predicted molar refractivity (Wildman–Crippen MR) is 74.6 cm³/mol. The van der Waals surface area contributed by atoms with Gasteiger partial charge in [0.2, 0.25) is 0 Å². The lowest BCUT2D eigenvalue weighted by molar-refractivity contribution is 1.19. The molecule has 86 valence electrons. The molecule has 4 heteroatoms. The fraction of sp³-hybridized carbons (Fsp3) is 0.154. The highest BCUT2D eigenvalue weighted by molar-refractivity contribution is 7.98. The topological polar surface area (TPSA) is 35.8 Å². The van der Waals surface area contributed by atoms with Gasteiger partial charge in [0, 0.05) is 27.4 Å². The van der Waals surface area contributed by atoms with Crippen molar-refractivity contribution in [1.82, 2.24) is 0 Å². The Bertz CT molecular complexity index is 523. The van der Waals surface area contributed by atoms with Crippen LogP contribution in [0.4, 0.5) is 5.69 Å². The van der Waals surface area contributed by atoms with Crippen LogP contribution in [0, 0.1) is 11.3 Å². The summed E-state index contributed by atoms with van der Waals surface area (Å²) >= 11 is 3.35. The Balaban J connectivity index is 1.95. The van der Waals surface area contributed by atoms with E-state index in [2.05, 4.69) is 41.9 Å². The van der Waals surface area contributed by atoms with Gasteiger partial charge < -0.3 is 5.32 Å². The molecule has 1 aromatic carbocycles. The van der Waals surface area contributed by atoms with Crippen LogP contribution in [0.1, 0.15) is 10.4 Å².